The third-order valence-corrected chi connectivity index (χ3v) is 3.57. The molecule has 1 N–H and O–H groups in total. The molecule has 0 bridgehead atoms. The van der Waals surface area contributed by atoms with Gasteiger partial charge in [-0.05, 0) is 33.6 Å². The second kappa shape index (κ2) is 7.14. The van der Waals surface area contributed by atoms with Gasteiger partial charge in [-0.3, -0.25) is 4.79 Å². The van der Waals surface area contributed by atoms with Gasteiger partial charge in [0.1, 0.15) is 5.60 Å². The first-order valence-electron chi connectivity index (χ1n) is 6.52. The Balaban J connectivity index is 2.19. The van der Waals surface area contributed by atoms with Crippen molar-refractivity contribution < 1.29 is 19.1 Å². The van der Waals surface area contributed by atoms with E-state index < -0.39 is 11.7 Å². The van der Waals surface area contributed by atoms with Crippen LogP contribution in [0.1, 0.15) is 40.5 Å². The molecule has 1 heterocycles. The molecule has 5 nitrogen and oxygen atoms in total. The number of rotatable bonds is 3. The Morgan fingerprint density at radius 1 is 1.37 bits per heavy atom. The molecule has 1 aliphatic rings. The summed E-state index contributed by atoms with van der Waals surface area (Å²) in [7, 11) is 0. The van der Waals surface area contributed by atoms with Crippen LogP contribution in [-0.2, 0) is 14.3 Å². The van der Waals surface area contributed by atoms with Crippen LogP contribution in [0.3, 0.4) is 0 Å². The summed E-state index contributed by atoms with van der Waals surface area (Å²) < 4.78 is 10.8. The molecule has 0 spiro atoms. The van der Waals surface area contributed by atoms with E-state index in [1.807, 2.05) is 20.8 Å². The molecule has 1 amide bonds. The number of thioether (sulfide) groups is 1. The van der Waals surface area contributed by atoms with Crippen molar-refractivity contribution in [3.8, 4) is 0 Å². The molecule has 2 atom stereocenters. The topological polar surface area (TPSA) is 64.6 Å². The zero-order chi connectivity index (χ0) is 14.5. The lowest BCUT2D eigenvalue weighted by atomic mass is 10.1. The molecule has 1 fully saturated rings. The SMILES string of the molecule is CC(=O)SC1CCC(CNC(=O)OC(C)(C)C)OC1. The number of carbonyl (C=O) groups excluding carboxylic acids is 2. The molecule has 6 heteroatoms. The second-order valence-electron chi connectivity index (χ2n) is 5.65. The Hall–Kier alpha value is -0.750. The summed E-state index contributed by atoms with van der Waals surface area (Å²) in [6, 6.07) is 0. The van der Waals surface area contributed by atoms with Gasteiger partial charge in [0.25, 0.3) is 0 Å². The first-order chi connectivity index (χ1) is 8.76. The van der Waals surface area contributed by atoms with Crippen molar-refractivity contribution in [3.63, 3.8) is 0 Å². The summed E-state index contributed by atoms with van der Waals surface area (Å²) in [5, 5.41) is 3.07. The van der Waals surface area contributed by atoms with Crippen LogP contribution < -0.4 is 5.32 Å². The van der Waals surface area contributed by atoms with E-state index in [1.165, 1.54) is 11.8 Å². The van der Waals surface area contributed by atoms with E-state index in [-0.39, 0.29) is 16.5 Å². The molecule has 0 radical (unpaired) electrons. The fourth-order valence-corrected chi connectivity index (χ4v) is 2.65. The van der Waals surface area contributed by atoms with Crippen LogP contribution in [0.4, 0.5) is 4.79 Å². The van der Waals surface area contributed by atoms with Gasteiger partial charge in [-0.15, -0.1) is 0 Å². The van der Waals surface area contributed by atoms with Crippen LogP contribution in [0.2, 0.25) is 0 Å². The van der Waals surface area contributed by atoms with Crippen LogP contribution in [0, 0.1) is 0 Å². The van der Waals surface area contributed by atoms with Crippen molar-refractivity contribution in [3.05, 3.63) is 0 Å². The Morgan fingerprint density at radius 3 is 2.53 bits per heavy atom. The minimum atomic E-state index is -0.485. The number of ether oxygens (including phenoxy) is 2. The van der Waals surface area contributed by atoms with Gasteiger partial charge in [-0.25, -0.2) is 4.79 Å². The van der Waals surface area contributed by atoms with E-state index in [9.17, 15) is 9.59 Å². The molecule has 19 heavy (non-hydrogen) atoms. The van der Waals surface area contributed by atoms with Crippen LogP contribution in [0.15, 0.2) is 0 Å². The maximum Gasteiger partial charge on any atom is 0.407 e. The van der Waals surface area contributed by atoms with Crippen molar-refractivity contribution in [2.24, 2.45) is 0 Å². The Morgan fingerprint density at radius 2 is 2.05 bits per heavy atom. The average Bonchev–Trinajstić information content (AvgIpc) is 2.25. The van der Waals surface area contributed by atoms with Crippen molar-refractivity contribution in [1.29, 1.82) is 0 Å². The summed E-state index contributed by atoms with van der Waals surface area (Å²) in [6.07, 6.45) is 1.37. The van der Waals surface area contributed by atoms with E-state index in [4.69, 9.17) is 9.47 Å². The molecule has 1 saturated heterocycles. The third-order valence-electron chi connectivity index (χ3n) is 2.53. The summed E-state index contributed by atoms with van der Waals surface area (Å²) in [5.74, 6) is 0. The first kappa shape index (κ1) is 16.3. The van der Waals surface area contributed by atoms with E-state index in [0.29, 0.717) is 13.2 Å². The van der Waals surface area contributed by atoms with E-state index >= 15 is 0 Å². The molecule has 1 rings (SSSR count). The molecule has 0 aromatic rings. The maximum atomic E-state index is 11.5. The third kappa shape index (κ3) is 7.42. The standard InChI is InChI=1S/C13H23NO4S/c1-9(15)19-11-6-5-10(17-8-11)7-14-12(16)18-13(2,3)4/h10-11H,5-8H2,1-4H3,(H,14,16). The number of hydrogen-bond donors (Lipinski definition) is 1. The molecule has 2 unspecified atom stereocenters. The number of amides is 1. The second-order valence-corrected chi connectivity index (χ2v) is 7.12. The largest absolute Gasteiger partial charge is 0.444 e. The van der Waals surface area contributed by atoms with Crippen molar-refractivity contribution in [2.75, 3.05) is 13.2 Å². The van der Waals surface area contributed by atoms with Gasteiger partial charge in [0.2, 0.25) is 0 Å². The highest BCUT2D eigenvalue weighted by atomic mass is 32.2. The van der Waals surface area contributed by atoms with Gasteiger partial charge in [-0.1, -0.05) is 11.8 Å². The highest BCUT2D eigenvalue weighted by Crippen LogP contribution is 2.24. The number of carbonyl (C=O) groups is 2. The normalized spacial score (nSPS) is 23.8. The highest BCUT2D eigenvalue weighted by molar-refractivity contribution is 8.14. The van der Waals surface area contributed by atoms with E-state index in [0.717, 1.165) is 12.8 Å². The van der Waals surface area contributed by atoms with Gasteiger partial charge >= 0.3 is 6.09 Å². The lowest BCUT2D eigenvalue weighted by molar-refractivity contribution is -0.109. The Kier molecular flexibility index (Phi) is 6.13. The first-order valence-corrected chi connectivity index (χ1v) is 7.40. The van der Waals surface area contributed by atoms with Crippen LogP contribution in [0.5, 0.6) is 0 Å². The van der Waals surface area contributed by atoms with Gasteiger partial charge in [-0.2, -0.15) is 0 Å². The van der Waals surface area contributed by atoms with Crippen LogP contribution in [0.25, 0.3) is 0 Å². The minimum Gasteiger partial charge on any atom is -0.444 e. The van der Waals surface area contributed by atoms with E-state index in [2.05, 4.69) is 5.32 Å². The zero-order valence-corrected chi connectivity index (χ0v) is 12.8. The molecule has 0 aliphatic carbocycles. The molecular formula is C13H23NO4S. The summed E-state index contributed by atoms with van der Waals surface area (Å²) in [6.45, 7) is 8.06. The molecule has 1 aliphatic heterocycles. The lowest BCUT2D eigenvalue weighted by Gasteiger charge is -2.28. The van der Waals surface area contributed by atoms with Gasteiger partial charge in [0.15, 0.2) is 5.12 Å². The average molecular weight is 289 g/mol. The number of alkyl carbamates (subject to hydrolysis) is 1. The van der Waals surface area contributed by atoms with Crippen molar-refractivity contribution in [1.82, 2.24) is 5.32 Å². The lowest BCUT2D eigenvalue weighted by Crippen LogP contribution is -2.40. The van der Waals surface area contributed by atoms with Crippen molar-refractivity contribution in [2.45, 2.75) is 57.5 Å². The number of hydrogen-bond acceptors (Lipinski definition) is 5. The Bertz CT molecular complexity index is 319. The molecule has 0 aromatic carbocycles. The van der Waals surface area contributed by atoms with Crippen LogP contribution in [-0.4, -0.2) is 41.3 Å². The molecular weight excluding hydrogens is 266 g/mol. The molecule has 0 saturated carbocycles. The highest BCUT2D eigenvalue weighted by Gasteiger charge is 2.24. The zero-order valence-electron chi connectivity index (χ0n) is 12.0. The van der Waals surface area contributed by atoms with Gasteiger partial charge in [0, 0.05) is 18.7 Å². The number of nitrogens with one attached hydrogen (secondary N) is 1. The van der Waals surface area contributed by atoms with E-state index in [1.54, 1.807) is 6.92 Å². The predicted molar refractivity (Wildman–Crippen MR) is 75.3 cm³/mol. The summed E-state index contributed by atoms with van der Waals surface area (Å²) in [4.78, 5) is 22.4. The predicted octanol–water partition coefficient (Wildman–Crippen LogP) is 2.34. The van der Waals surface area contributed by atoms with Crippen LogP contribution >= 0.6 is 11.8 Å². The summed E-state index contributed by atoms with van der Waals surface area (Å²) >= 11 is 1.33. The minimum absolute atomic E-state index is 0.0105. The monoisotopic (exact) mass is 289 g/mol. The smallest absolute Gasteiger partial charge is 0.407 e. The molecule has 110 valence electrons. The maximum absolute atomic E-state index is 11.5. The summed E-state index contributed by atoms with van der Waals surface area (Å²) in [5.41, 5.74) is -0.485. The molecule has 0 aromatic heterocycles. The van der Waals surface area contributed by atoms with Crippen molar-refractivity contribution >= 4 is 23.0 Å². The van der Waals surface area contributed by atoms with Gasteiger partial charge in [0.05, 0.1) is 12.7 Å². The quantitative estimate of drug-likeness (QED) is 0.864. The Labute approximate surface area is 118 Å². The fourth-order valence-electron chi connectivity index (χ4n) is 1.78. The van der Waals surface area contributed by atoms with Gasteiger partial charge < -0.3 is 14.8 Å². The fraction of sp³-hybridized carbons (Fsp3) is 0.846.